The molecule has 0 saturated carbocycles. The number of benzene rings is 1. The summed E-state index contributed by atoms with van der Waals surface area (Å²) in [5.74, 6) is 0.767. The van der Waals surface area contributed by atoms with Crippen LogP contribution < -0.4 is 15.1 Å². The van der Waals surface area contributed by atoms with Crippen molar-refractivity contribution >= 4 is 17.2 Å². The molecule has 0 spiro atoms. The van der Waals surface area contributed by atoms with Gasteiger partial charge in [0.05, 0.1) is 13.2 Å². The van der Waals surface area contributed by atoms with Crippen LogP contribution in [0.3, 0.4) is 0 Å². The molecule has 0 bridgehead atoms. The summed E-state index contributed by atoms with van der Waals surface area (Å²) < 4.78 is 19.0. The SMILES string of the molecule is Cc1c(N2CCOCC2)ccnc1N[C@@H]1CCCN(c2cccc(F)c2)C1. The van der Waals surface area contributed by atoms with Crippen LogP contribution in [0.5, 0.6) is 0 Å². The number of aromatic nitrogens is 1. The smallest absolute Gasteiger partial charge is 0.131 e. The van der Waals surface area contributed by atoms with E-state index in [0.717, 1.165) is 63.7 Å². The van der Waals surface area contributed by atoms with E-state index in [1.54, 1.807) is 12.1 Å². The standard InChI is InChI=1S/C21H27FN4O/c1-16-20(25-10-12-27-13-11-25)7-8-23-21(16)24-18-5-3-9-26(15-18)19-6-2-4-17(22)14-19/h2,4,6-8,14,18H,3,5,9-13,15H2,1H3,(H,23,24)/t18-/m1/s1. The van der Waals surface area contributed by atoms with E-state index in [2.05, 4.69) is 33.1 Å². The molecule has 144 valence electrons. The maximum atomic E-state index is 13.6. The molecule has 2 fully saturated rings. The predicted octanol–water partition coefficient (Wildman–Crippen LogP) is 3.45. The Kier molecular flexibility index (Phi) is 5.43. The normalized spacial score (nSPS) is 20.6. The summed E-state index contributed by atoms with van der Waals surface area (Å²) in [5.41, 5.74) is 3.36. The van der Waals surface area contributed by atoms with Crippen molar-refractivity contribution in [1.82, 2.24) is 4.98 Å². The number of pyridine rings is 1. The highest BCUT2D eigenvalue weighted by Crippen LogP contribution is 2.28. The Morgan fingerprint density at radius 3 is 2.81 bits per heavy atom. The van der Waals surface area contributed by atoms with Gasteiger partial charge in [-0.25, -0.2) is 9.37 Å². The van der Waals surface area contributed by atoms with Gasteiger partial charge < -0.3 is 19.9 Å². The minimum atomic E-state index is -0.182. The third kappa shape index (κ3) is 4.16. The molecule has 1 aromatic heterocycles. The Morgan fingerprint density at radius 1 is 1.15 bits per heavy atom. The highest BCUT2D eigenvalue weighted by atomic mass is 19.1. The molecule has 27 heavy (non-hydrogen) atoms. The van der Waals surface area contributed by atoms with Crippen LogP contribution in [-0.4, -0.2) is 50.4 Å². The molecule has 2 aromatic rings. The van der Waals surface area contributed by atoms with Crippen molar-refractivity contribution in [2.24, 2.45) is 0 Å². The Balaban J connectivity index is 1.47. The molecule has 3 heterocycles. The van der Waals surface area contributed by atoms with E-state index in [-0.39, 0.29) is 5.82 Å². The monoisotopic (exact) mass is 370 g/mol. The Morgan fingerprint density at radius 2 is 2.00 bits per heavy atom. The van der Waals surface area contributed by atoms with E-state index >= 15 is 0 Å². The molecule has 6 heteroatoms. The number of anilines is 3. The number of ether oxygens (including phenoxy) is 1. The van der Waals surface area contributed by atoms with Gasteiger partial charge in [0, 0.05) is 55.4 Å². The number of halogens is 1. The van der Waals surface area contributed by atoms with Crippen molar-refractivity contribution in [3.8, 4) is 0 Å². The summed E-state index contributed by atoms with van der Waals surface area (Å²) in [6, 6.07) is 9.26. The lowest BCUT2D eigenvalue weighted by molar-refractivity contribution is 0.122. The zero-order valence-electron chi connectivity index (χ0n) is 15.8. The summed E-state index contributed by atoms with van der Waals surface area (Å²) in [6.45, 7) is 7.33. The zero-order chi connectivity index (χ0) is 18.6. The third-order valence-corrected chi connectivity index (χ3v) is 5.46. The van der Waals surface area contributed by atoms with E-state index in [4.69, 9.17) is 4.74 Å². The Bertz CT molecular complexity index is 779. The van der Waals surface area contributed by atoms with Crippen molar-refractivity contribution in [2.45, 2.75) is 25.8 Å². The molecule has 2 aliphatic rings. The number of hydrogen-bond donors (Lipinski definition) is 1. The van der Waals surface area contributed by atoms with E-state index in [0.29, 0.717) is 6.04 Å². The molecular formula is C21H27FN4O. The summed E-state index contributed by atoms with van der Waals surface area (Å²) >= 11 is 0. The van der Waals surface area contributed by atoms with Gasteiger partial charge in [-0.3, -0.25) is 0 Å². The van der Waals surface area contributed by atoms with Crippen LogP contribution in [0, 0.1) is 12.7 Å². The fraction of sp³-hybridized carbons (Fsp3) is 0.476. The second kappa shape index (κ2) is 8.13. The van der Waals surface area contributed by atoms with Crippen molar-refractivity contribution in [2.75, 3.05) is 54.5 Å². The van der Waals surface area contributed by atoms with Crippen molar-refractivity contribution < 1.29 is 9.13 Å². The van der Waals surface area contributed by atoms with Gasteiger partial charge in [-0.1, -0.05) is 6.07 Å². The van der Waals surface area contributed by atoms with Crippen molar-refractivity contribution in [1.29, 1.82) is 0 Å². The minimum absolute atomic E-state index is 0.182. The highest BCUT2D eigenvalue weighted by molar-refractivity contribution is 5.63. The molecule has 2 aliphatic heterocycles. The molecule has 1 aromatic carbocycles. The quantitative estimate of drug-likeness (QED) is 0.893. The van der Waals surface area contributed by atoms with Gasteiger partial charge in [0.15, 0.2) is 0 Å². The molecule has 1 atom stereocenters. The average molecular weight is 370 g/mol. The van der Waals surface area contributed by atoms with Crippen LogP contribution in [-0.2, 0) is 4.74 Å². The molecule has 0 unspecified atom stereocenters. The largest absolute Gasteiger partial charge is 0.378 e. The van der Waals surface area contributed by atoms with Crippen LogP contribution in [0.1, 0.15) is 18.4 Å². The van der Waals surface area contributed by atoms with E-state index < -0.39 is 0 Å². The molecule has 0 radical (unpaired) electrons. The van der Waals surface area contributed by atoms with Gasteiger partial charge >= 0.3 is 0 Å². The predicted molar refractivity (Wildman–Crippen MR) is 107 cm³/mol. The van der Waals surface area contributed by atoms with Gasteiger partial charge in [0.1, 0.15) is 11.6 Å². The number of rotatable bonds is 4. The molecular weight excluding hydrogens is 343 g/mol. The fourth-order valence-corrected chi connectivity index (χ4v) is 4.01. The highest BCUT2D eigenvalue weighted by Gasteiger charge is 2.22. The van der Waals surface area contributed by atoms with Crippen LogP contribution in [0.15, 0.2) is 36.5 Å². The van der Waals surface area contributed by atoms with Crippen LogP contribution in [0.25, 0.3) is 0 Å². The Hall–Kier alpha value is -2.34. The number of piperidine rings is 1. The van der Waals surface area contributed by atoms with Gasteiger partial charge in [-0.15, -0.1) is 0 Å². The first kappa shape index (κ1) is 18.0. The van der Waals surface area contributed by atoms with Crippen LogP contribution in [0.2, 0.25) is 0 Å². The van der Waals surface area contributed by atoms with Crippen molar-refractivity contribution in [3.05, 3.63) is 47.9 Å². The summed E-state index contributed by atoms with van der Waals surface area (Å²) in [5, 5.41) is 3.64. The summed E-state index contributed by atoms with van der Waals surface area (Å²) in [4.78, 5) is 9.21. The molecule has 4 rings (SSSR count). The second-order valence-corrected chi connectivity index (χ2v) is 7.31. The van der Waals surface area contributed by atoms with E-state index in [9.17, 15) is 4.39 Å². The molecule has 1 N–H and O–H groups in total. The third-order valence-electron chi connectivity index (χ3n) is 5.46. The topological polar surface area (TPSA) is 40.6 Å². The molecule has 0 aliphatic carbocycles. The first-order chi connectivity index (χ1) is 13.2. The molecule has 5 nitrogen and oxygen atoms in total. The van der Waals surface area contributed by atoms with Crippen LogP contribution >= 0.6 is 0 Å². The van der Waals surface area contributed by atoms with Crippen LogP contribution in [0.4, 0.5) is 21.6 Å². The number of nitrogens with zero attached hydrogens (tertiary/aromatic N) is 3. The maximum Gasteiger partial charge on any atom is 0.131 e. The van der Waals surface area contributed by atoms with Gasteiger partial charge in [-0.05, 0) is 44.0 Å². The fourth-order valence-electron chi connectivity index (χ4n) is 4.01. The maximum absolute atomic E-state index is 13.6. The Labute approximate surface area is 160 Å². The average Bonchev–Trinajstić information content (AvgIpc) is 2.70. The summed E-state index contributed by atoms with van der Waals surface area (Å²) in [7, 11) is 0. The van der Waals surface area contributed by atoms with Crippen molar-refractivity contribution in [3.63, 3.8) is 0 Å². The van der Waals surface area contributed by atoms with E-state index in [1.165, 1.54) is 17.3 Å². The second-order valence-electron chi connectivity index (χ2n) is 7.31. The lowest BCUT2D eigenvalue weighted by Crippen LogP contribution is -2.42. The summed E-state index contributed by atoms with van der Waals surface area (Å²) in [6.07, 6.45) is 4.05. The minimum Gasteiger partial charge on any atom is -0.378 e. The molecule has 2 saturated heterocycles. The van der Waals surface area contributed by atoms with Gasteiger partial charge in [0.25, 0.3) is 0 Å². The number of morpholine rings is 1. The van der Waals surface area contributed by atoms with E-state index in [1.807, 2.05) is 12.3 Å². The first-order valence-corrected chi connectivity index (χ1v) is 9.76. The number of hydrogen-bond acceptors (Lipinski definition) is 5. The molecule has 0 amide bonds. The van der Waals surface area contributed by atoms with Gasteiger partial charge in [-0.2, -0.15) is 0 Å². The zero-order valence-corrected chi connectivity index (χ0v) is 15.8. The lowest BCUT2D eigenvalue weighted by Gasteiger charge is -2.36. The first-order valence-electron chi connectivity index (χ1n) is 9.76. The lowest BCUT2D eigenvalue weighted by atomic mass is 10.0. The van der Waals surface area contributed by atoms with Gasteiger partial charge in [0.2, 0.25) is 0 Å². The number of nitrogens with one attached hydrogen (secondary N) is 1.